The summed E-state index contributed by atoms with van der Waals surface area (Å²) in [7, 11) is -3.85. The van der Waals surface area contributed by atoms with Gasteiger partial charge in [-0.2, -0.15) is 0 Å². The summed E-state index contributed by atoms with van der Waals surface area (Å²) in [5.74, 6) is -0.0543. The Balaban J connectivity index is 2.29. The van der Waals surface area contributed by atoms with Gasteiger partial charge < -0.3 is 5.11 Å². The van der Waals surface area contributed by atoms with Gasteiger partial charge in [0, 0.05) is 0 Å². The second-order valence-electron chi connectivity index (χ2n) is 6.14. The standard InChI is InChI=1S/C15H22FNO3S/c1-11-5-7-15(10-18,8-6-11)17-21(19,20)14-9-13(16)4-3-12(14)2/h3-4,9,11,17-18H,5-8,10H2,1-2H3. The Hall–Kier alpha value is -0.980. The smallest absolute Gasteiger partial charge is 0.241 e. The van der Waals surface area contributed by atoms with Gasteiger partial charge in [-0.05, 0) is 56.2 Å². The van der Waals surface area contributed by atoms with Crippen molar-refractivity contribution in [2.45, 2.75) is 50.0 Å². The highest BCUT2D eigenvalue weighted by Crippen LogP contribution is 2.33. The molecule has 0 aliphatic heterocycles. The molecule has 0 heterocycles. The van der Waals surface area contributed by atoms with Crippen molar-refractivity contribution < 1.29 is 17.9 Å². The highest BCUT2D eigenvalue weighted by Gasteiger charge is 2.38. The van der Waals surface area contributed by atoms with Crippen molar-refractivity contribution >= 4 is 10.0 Å². The van der Waals surface area contributed by atoms with Gasteiger partial charge in [-0.3, -0.25) is 0 Å². The van der Waals surface area contributed by atoms with Crippen molar-refractivity contribution in [1.29, 1.82) is 0 Å². The van der Waals surface area contributed by atoms with Gasteiger partial charge in [0.1, 0.15) is 5.82 Å². The number of aliphatic hydroxyl groups is 1. The molecule has 2 rings (SSSR count). The molecule has 2 N–H and O–H groups in total. The van der Waals surface area contributed by atoms with Crippen LogP contribution in [0.3, 0.4) is 0 Å². The van der Waals surface area contributed by atoms with E-state index in [1.54, 1.807) is 6.92 Å². The van der Waals surface area contributed by atoms with Gasteiger partial charge in [0.15, 0.2) is 0 Å². The maximum absolute atomic E-state index is 13.3. The number of rotatable bonds is 4. The number of hydrogen-bond acceptors (Lipinski definition) is 3. The van der Waals surface area contributed by atoms with Gasteiger partial charge in [-0.1, -0.05) is 13.0 Å². The first-order chi connectivity index (χ1) is 9.78. The number of nitrogens with one attached hydrogen (secondary N) is 1. The van der Waals surface area contributed by atoms with Crippen molar-refractivity contribution in [2.24, 2.45) is 5.92 Å². The van der Waals surface area contributed by atoms with Crippen molar-refractivity contribution in [3.05, 3.63) is 29.6 Å². The molecule has 1 aromatic carbocycles. The van der Waals surface area contributed by atoms with Crippen molar-refractivity contribution in [2.75, 3.05) is 6.61 Å². The van der Waals surface area contributed by atoms with Crippen molar-refractivity contribution in [3.63, 3.8) is 0 Å². The average Bonchev–Trinajstić information content (AvgIpc) is 2.44. The first-order valence-corrected chi connectivity index (χ1v) is 8.67. The molecule has 1 aromatic rings. The fraction of sp³-hybridized carbons (Fsp3) is 0.600. The number of benzene rings is 1. The highest BCUT2D eigenvalue weighted by atomic mass is 32.2. The first-order valence-electron chi connectivity index (χ1n) is 7.19. The zero-order valence-electron chi connectivity index (χ0n) is 12.4. The fourth-order valence-corrected chi connectivity index (χ4v) is 4.52. The van der Waals surface area contributed by atoms with Gasteiger partial charge in [-0.25, -0.2) is 17.5 Å². The molecule has 1 aliphatic carbocycles. The Bertz CT molecular complexity index is 607. The second kappa shape index (κ2) is 6.02. The van der Waals surface area contributed by atoms with Crippen LogP contribution in [0.2, 0.25) is 0 Å². The largest absolute Gasteiger partial charge is 0.394 e. The number of halogens is 1. The predicted molar refractivity (Wildman–Crippen MR) is 78.9 cm³/mol. The summed E-state index contributed by atoms with van der Waals surface area (Å²) in [5, 5.41) is 9.66. The highest BCUT2D eigenvalue weighted by molar-refractivity contribution is 7.89. The molecular weight excluding hydrogens is 293 g/mol. The maximum atomic E-state index is 13.3. The number of aliphatic hydroxyl groups excluding tert-OH is 1. The average molecular weight is 315 g/mol. The molecule has 1 saturated carbocycles. The third-order valence-corrected chi connectivity index (χ3v) is 6.05. The Morgan fingerprint density at radius 3 is 2.57 bits per heavy atom. The van der Waals surface area contributed by atoms with E-state index in [4.69, 9.17) is 0 Å². The summed E-state index contributed by atoms with van der Waals surface area (Å²) >= 11 is 0. The molecule has 0 bridgehead atoms. The Kier molecular flexibility index (Phi) is 4.70. The molecule has 21 heavy (non-hydrogen) atoms. The van der Waals surface area contributed by atoms with Gasteiger partial charge in [-0.15, -0.1) is 0 Å². The topological polar surface area (TPSA) is 66.4 Å². The Labute approximate surface area is 125 Å². The van der Waals surface area contributed by atoms with E-state index in [0.29, 0.717) is 24.3 Å². The van der Waals surface area contributed by atoms with E-state index in [-0.39, 0.29) is 11.5 Å². The fourth-order valence-electron chi connectivity index (χ4n) is 2.81. The lowest BCUT2D eigenvalue weighted by molar-refractivity contribution is 0.125. The Morgan fingerprint density at radius 2 is 2.00 bits per heavy atom. The molecular formula is C15H22FNO3S. The number of sulfonamides is 1. The third kappa shape index (κ3) is 3.62. The lowest BCUT2D eigenvalue weighted by atomic mass is 9.78. The van der Waals surface area contributed by atoms with Crippen LogP contribution < -0.4 is 4.72 Å². The van der Waals surface area contributed by atoms with Crippen LogP contribution in [-0.4, -0.2) is 25.7 Å². The minimum absolute atomic E-state index is 0.0612. The second-order valence-corrected chi connectivity index (χ2v) is 7.79. The van der Waals surface area contributed by atoms with Gasteiger partial charge in [0.25, 0.3) is 0 Å². The monoisotopic (exact) mass is 315 g/mol. The zero-order chi connectivity index (χ0) is 15.7. The van der Waals surface area contributed by atoms with E-state index < -0.39 is 21.4 Å². The predicted octanol–water partition coefficient (Wildman–Crippen LogP) is 2.35. The van der Waals surface area contributed by atoms with E-state index in [0.717, 1.165) is 18.9 Å². The molecule has 6 heteroatoms. The van der Waals surface area contributed by atoms with E-state index in [2.05, 4.69) is 11.6 Å². The minimum Gasteiger partial charge on any atom is -0.394 e. The molecule has 0 radical (unpaired) electrons. The normalized spacial score (nSPS) is 26.8. The summed E-state index contributed by atoms with van der Waals surface area (Å²) in [6, 6.07) is 3.70. The molecule has 1 aliphatic rings. The molecule has 0 aromatic heterocycles. The molecule has 0 amide bonds. The molecule has 0 unspecified atom stereocenters. The molecule has 4 nitrogen and oxygen atoms in total. The van der Waals surface area contributed by atoms with Crippen molar-refractivity contribution in [3.8, 4) is 0 Å². The molecule has 0 atom stereocenters. The van der Waals surface area contributed by atoms with Gasteiger partial charge >= 0.3 is 0 Å². The third-order valence-electron chi connectivity index (χ3n) is 4.32. The molecule has 0 spiro atoms. The SMILES string of the molecule is Cc1ccc(F)cc1S(=O)(=O)NC1(CO)CCC(C)CC1. The van der Waals surface area contributed by atoms with Crippen LogP contribution in [0.4, 0.5) is 4.39 Å². The van der Waals surface area contributed by atoms with Crippen LogP contribution in [0.25, 0.3) is 0 Å². The van der Waals surface area contributed by atoms with E-state index in [1.165, 1.54) is 12.1 Å². The van der Waals surface area contributed by atoms with Crippen LogP contribution in [0.5, 0.6) is 0 Å². The molecule has 1 fully saturated rings. The van der Waals surface area contributed by atoms with Crippen LogP contribution in [0.15, 0.2) is 23.1 Å². The Morgan fingerprint density at radius 1 is 1.38 bits per heavy atom. The number of hydrogen-bond donors (Lipinski definition) is 2. The van der Waals surface area contributed by atoms with Gasteiger partial charge in [0.2, 0.25) is 10.0 Å². The quantitative estimate of drug-likeness (QED) is 0.896. The summed E-state index contributed by atoms with van der Waals surface area (Å²) in [6.45, 7) is 3.50. The number of aryl methyl sites for hydroxylation is 1. The zero-order valence-corrected chi connectivity index (χ0v) is 13.2. The summed E-state index contributed by atoms with van der Waals surface area (Å²) in [5.41, 5.74) is -0.342. The molecule has 0 saturated heterocycles. The van der Waals surface area contributed by atoms with Crippen LogP contribution in [-0.2, 0) is 10.0 Å². The van der Waals surface area contributed by atoms with Crippen LogP contribution in [0, 0.1) is 18.7 Å². The van der Waals surface area contributed by atoms with E-state index in [9.17, 15) is 17.9 Å². The van der Waals surface area contributed by atoms with E-state index in [1.807, 2.05) is 0 Å². The maximum Gasteiger partial charge on any atom is 0.241 e. The summed E-state index contributed by atoms with van der Waals surface area (Å²) in [6.07, 6.45) is 2.92. The molecule has 118 valence electrons. The first kappa shape index (κ1) is 16.4. The minimum atomic E-state index is -3.85. The van der Waals surface area contributed by atoms with Gasteiger partial charge in [0.05, 0.1) is 17.0 Å². The summed E-state index contributed by atoms with van der Waals surface area (Å²) in [4.78, 5) is -0.0612. The van der Waals surface area contributed by atoms with E-state index >= 15 is 0 Å². The van der Waals surface area contributed by atoms with Crippen LogP contribution in [0.1, 0.15) is 38.2 Å². The van der Waals surface area contributed by atoms with Crippen molar-refractivity contribution in [1.82, 2.24) is 4.72 Å². The summed E-state index contributed by atoms with van der Waals surface area (Å²) < 4.78 is 41.0. The lowest BCUT2D eigenvalue weighted by Gasteiger charge is -2.38. The van der Waals surface area contributed by atoms with Crippen LogP contribution >= 0.6 is 0 Å². The lowest BCUT2D eigenvalue weighted by Crippen LogP contribution is -2.53.